The van der Waals surface area contributed by atoms with Crippen LogP contribution in [0.25, 0.3) is 11.4 Å². The molecule has 0 aliphatic heterocycles. The fourth-order valence-corrected chi connectivity index (χ4v) is 1.22. The minimum absolute atomic E-state index is 0.0687. The second-order valence-corrected chi connectivity index (χ2v) is 3.22. The highest BCUT2D eigenvalue weighted by atomic mass is 16.4. The van der Waals surface area contributed by atoms with Gasteiger partial charge in [0.05, 0.1) is 5.56 Å². The molecule has 1 aromatic carbocycles. The van der Waals surface area contributed by atoms with Crippen molar-refractivity contribution < 1.29 is 9.90 Å². The molecule has 5 nitrogen and oxygen atoms in total. The highest BCUT2D eigenvalue weighted by molar-refractivity contribution is 5.86. The summed E-state index contributed by atoms with van der Waals surface area (Å²) in [7, 11) is 0. The van der Waals surface area contributed by atoms with Gasteiger partial charge in [0.25, 0.3) is 0 Å². The molecule has 0 atom stereocenters. The molecule has 0 amide bonds. The molecule has 16 heavy (non-hydrogen) atoms. The molecule has 0 bridgehead atoms. The SMILES string of the molecule is Nc1ccc(-c2ncc(C(=O)O)cn2)cc1. The molecular formula is C11H9N3O2. The van der Waals surface area contributed by atoms with Gasteiger partial charge in [0, 0.05) is 23.6 Å². The first-order valence-corrected chi connectivity index (χ1v) is 4.58. The van der Waals surface area contributed by atoms with Gasteiger partial charge in [-0.15, -0.1) is 0 Å². The Labute approximate surface area is 91.6 Å². The first-order chi connectivity index (χ1) is 7.66. The van der Waals surface area contributed by atoms with Gasteiger partial charge in [-0.05, 0) is 24.3 Å². The predicted molar refractivity (Wildman–Crippen MR) is 58.8 cm³/mol. The van der Waals surface area contributed by atoms with Gasteiger partial charge >= 0.3 is 5.97 Å². The Bertz CT molecular complexity index is 506. The Morgan fingerprint density at radius 3 is 2.19 bits per heavy atom. The van der Waals surface area contributed by atoms with Crippen molar-refractivity contribution >= 4 is 11.7 Å². The van der Waals surface area contributed by atoms with Gasteiger partial charge in [-0.3, -0.25) is 0 Å². The van der Waals surface area contributed by atoms with Gasteiger partial charge in [-0.25, -0.2) is 14.8 Å². The Morgan fingerprint density at radius 2 is 1.69 bits per heavy atom. The summed E-state index contributed by atoms with van der Waals surface area (Å²) in [5.41, 5.74) is 7.07. The highest BCUT2D eigenvalue weighted by Crippen LogP contribution is 2.15. The van der Waals surface area contributed by atoms with E-state index in [4.69, 9.17) is 10.8 Å². The smallest absolute Gasteiger partial charge is 0.338 e. The number of nitrogens with zero attached hydrogens (tertiary/aromatic N) is 2. The van der Waals surface area contributed by atoms with E-state index in [2.05, 4.69) is 9.97 Å². The molecule has 0 spiro atoms. The summed E-state index contributed by atoms with van der Waals surface area (Å²) in [6.45, 7) is 0. The fourth-order valence-electron chi connectivity index (χ4n) is 1.22. The van der Waals surface area contributed by atoms with E-state index in [-0.39, 0.29) is 5.56 Å². The van der Waals surface area contributed by atoms with Crippen molar-refractivity contribution in [1.29, 1.82) is 0 Å². The number of nitrogens with two attached hydrogens (primary N) is 1. The number of carbonyl (C=O) groups is 1. The Kier molecular flexibility index (Phi) is 2.51. The summed E-state index contributed by atoms with van der Waals surface area (Å²) in [5.74, 6) is -0.561. The number of aromatic carboxylic acids is 1. The Morgan fingerprint density at radius 1 is 1.12 bits per heavy atom. The van der Waals surface area contributed by atoms with E-state index in [9.17, 15) is 4.79 Å². The minimum atomic E-state index is -1.04. The van der Waals surface area contributed by atoms with Crippen molar-refractivity contribution in [2.75, 3.05) is 5.73 Å². The number of hydrogen-bond donors (Lipinski definition) is 2. The summed E-state index contributed by atoms with van der Waals surface area (Å²) < 4.78 is 0. The van der Waals surface area contributed by atoms with E-state index in [0.29, 0.717) is 11.5 Å². The number of anilines is 1. The highest BCUT2D eigenvalue weighted by Gasteiger charge is 2.05. The van der Waals surface area contributed by atoms with Crippen LogP contribution < -0.4 is 5.73 Å². The zero-order chi connectivity index (χ0) is 11.5. The van der Waals surface area contributed by atoms with Crippen molar-refractivity contribution in [2.24, 2.45) is 0 Å². The third-order valence-corrected chi connectivity index (χ3v) is 2.07. The topological polar surface area (TPSA) is 89.1 Å². The Hall–Kier alpha value is -2.43. The van der Waals surface area contributed by atoms with E-state index in [1.54, 1.807) is 24.3 Å². The van der Waals surface area contributed by atoms with Crippen LogP contribution in [0, 0.1) is 0 Å². The van der Waals surface area contributed by atoms with Crippen molar-refractivity contribution in [2.45, 2.75) is 0 Å². The standard InChI is InChI=1S/C11H9N3O2/c12-9-3-1-7(2-4-9)10-13-5-8(6-14-10)11(15)16/h1-6H,12H2,(H,15,16). The molecule has 0 unspecified atom stereocenters. The maximum Gasteiger partial charge on any atom is 0.338 e. The van der Waals surface area contributed by atoms with Gasteiger partial charge < -0.3 is 10.8 Å². The summed E-state index contributed by atoms with van der Waals surface area (Å²) in [5, 5.41) is 8.69. The van der Waals surface area contributed by atoms with E-state index < -0.39 is 5.97 Å². The van der Waals surface area contributed by atoms with Gasteiger partial charge in [-0.1, -0.05) is 0 Å². The second kappa shape index (κ2) is 3.98. The maximum atomic E-state index is 10.6. The van der Waals surface area contributed by atoms with Crippen LogP contribution in [0.5, 0.6) is 0 Å². The fraction of sp³-hybridized carbons (Fsp3) is 0. The molecule has 1 heterocycles. The lowest BCUT2D eigenvalue weighted by Gasteiger charge is -2.00. The van der Waals surface area contributed by atoms with Crippen LogP contribution in [0.4, 0.5) is 5.69 Å². The summed E-state index contributed by atoms with van der Waals surface area (Å²) in [4.78, 5) is 18.5. The summed E-state index contributed by atoms with van der Waals surface area (Å²) in [6.07, 6.45) is 2.56. The number of rotatable bonds is 2. The van der Waals surface area contributed by atoms with E-state index in [0.717, 1.165) is 5.56 Å². The van der Waals surface area contributed by atoms with Crippen LogP contribution in [-0.2, 0) is 0 Å². The van der Waals surface area contributed by atoms with Crippen LogP contribution in [0.3, 0.4) is 0 Å². The van der Waals surface area contributed by atoms with Crippen molar-refractivity contribution in [3.63, 3.8) is 0 Å². The predicted octanol–water partition coefficient (Wildman–Crippen LogP) is 1.42. The zero-order valence-electron chi connectivity index (χ0n) is 8.29. The van der Waals surface area contributed by atoms with Crippen molar-refractivity contribution in [3.8, 4) is 11.4 Å². The average Bonchev–Trinajstić information content (AvgIpc) is 2.30. The first-order valence-electron chi connectivity index (χ1n) is 4.58. The largest absolute Gasteiger partial charge is 0.478 e. The van der Waals surface area contributed by atoms with Crippen molar-refractivity contribution in [1.82, 2.24) is 9.97 Å². The molecule has 2 aromatic rings. The summed E-state index contributed by atoms with van der Waals surface area (Å²) >= 11 is 0. The number of aromatic nitrogens is 2. The number of benzene rings is 1. The van der Waals surface area contributed by atoms with Gasteiger partial charge in [0.15, 0.2) is 5.82 Å². The van der Waals surface area contributed by atoms with Gasteiger partial charge in [0.2, 0.25) is 0 Å². The molecule has 0 aliphatic carbocycles. The number of nitrogen functional groups attached to an aromatic ring is 1. The average molecular weight is 215 g/mol. The van der Waals surface area contributed by atoms with E-state index >= 15 is 0 Å². The molecule has 0 saturated heterocycles. The van der Waals surface area contributed by atoms with Gasteiger partial charge in [-0.2, -0.15) is 0 Å². The van der Waals surface area contributed by atoms with E-state index in [1.165, 1.54) is 12.4 Å². The molecule has 2 rings (SSSR count). The monoisotopic (exact) mass is 215 g/mol. The van der Waals surface area contributed by atoms with Crippen LogP contribution in [-0.4, -0.2) is 21.0 Å². The minimum Gasteiger partial charge on any atom is -0.478 e. The lowest BCUT2D eigenvalue weighted by Crippen LogP contribution is -1.99. The van der Waals surface area contributed by atoms with Crippen molar-refractivity contribution in [3.05, 3.63) is 42.2 Å². The maximum absolute atomic E-state index is 10.6. The third kappa shape index (κ3) is 1.98. The number of carboxylic acids is 1. The number of carboxylic acid groups (broad SMARTS) is 1. The molecule has 80 valence electrons. The Balaban J connectivity index is 2.34. The lowest BCUT2D eigenvalue weighted by molar-refractivity contribution is 0.0696. The molecule has 1 aromatic heterocycles. The lowest BCUT2D eigenvalue weighted by atomic mass is 10.2. The molecule has 0 aliphatic rings. The van der Waals surface area contributed by atoms with Crippen LogP contribution >= 0.6 is 0 Å². The normalized spacial score (nSPS) is 10.0. The number of hydrogen-bond acceptors (Lipinski definition) is 4. The molecule has 3 N–H and O–H groups in total. The molecule has 0 radical (unpaired) electrons. The second-order valence-electron chi connectivity index (χ2n) is 3.22. The summed E-state index contributed by atoms with van der Waals surface area (Å²) in [6, 6.07) is 7.05. The first kappa shape index (κ1) is 10.1. The molecular weight excluding hydrogens is 206 g/mol. The quantitative estimate of drug-likeness (QED) is 0.739. The van der Waals surface area contributed by atoms with Gasteiger partial charge in [0.1, 0.15) is 0 Å². The third-order valence-electron chi connectivity index (χ3n) is 2.07. The molecule has 0 saturated carbocycles. The van der Waals surface area contributed by atoms with Crippen LogP contribution in [0.1, 0.15) is 10.4 Å². The van der Waals surface area contributed by atoms with Crippen LogP contribution in [0.15, 0.2) is 36.7 Å². The molecule has 0 fully saturated rings. The molecule has 5 heteroatoms. The van der Waals surface area contributed by atoms with E-state index in [1.807, 2.05) is 0 Å². The van der Waals surface area contributed by atoms with Crippen LogP contribution in [0.2, 0.25) is 0 Å². The zero-order valence-corrected chi connectivity index (χ0v) is 8.29.